The predicted octanol–water partition coefficient (Wildman–Crippen LogP) is 5.92. The first-order valence-corrected chi connectivity index (χ1v) is 8.39. The molecular weight excluding hydrogens is 323 g/mol. The molecule has 0 heterocycles. The van der Waals surface area contributed by atoms with Crippen molar-refractivity contribution in [2.75, 3.05) is 0 Å². The van der Waals surface area contributed by atoms with Crippen LogP contribution in [0.25, 0.3) is 0 Å². The molecule has 2 aromatic rings. The third kappa shape index (κ3) is 4.26. The number of Topliss-reactive ketones (excluding diaryl/α,β-unsaturated/α-hetero) is 1. The molecule has 0 aliphatic rings. The predicted molar refractivity (Wildman–Crippen MR) is 91.9 cm³/mol. The SMILES string of the molecule is CCc1ccc(C(=O)C(C)Sc2cc(Cl)ccc2Cl)cc1. The smallest absolute Gasteiger partial charge is 0.175 e. The van der Waals surface area contributed by atoms with Crippen LogP contribution in [0.15, 0.2) is 47.4 Å². The normalized spacial score (nSPS) is 12.2. The number of halogens is 2. The van der Waals surface area contributed by atoms with Gasteiger partial charge in [-0.1, -0.05) is 54.4 Å². The summed E-state index contributed by atoms with van der Waals surface area (Å²) in [6.07, 6.45) is 0.969. The van der Waals surface area contributed by atoms with Crippen molar-refractivity contribution in [3.8, 4) is 0 Å². The van der Waals surface area contributed by atoms with Crippen LogP contribution in [0.5, 0.6) is 0 Å². The fraction of sp³-hybridized carbons (Fsp3) is 0.235. The first-order chi connectivity index (χ1) is 10.0. The van der Waals surface area contributed by atoms with Crippen LogP contribution in [0.3, 0.4) is 0 Å². The molecule has 0 saturated carbocycles. The summed E-state index contributed by atoms with van der Waals surface area (Å²) in [6, 6.07) is 13.0. The molecule has 0 spiro atoms. The third-order valence-corrected chi connectivity index (χ3v) is 5.05. The summed E-state index contributed by atoms with van der Waals surface area (Å²) in [5, 5.41) is 1.02. The van der Waals surface area contributed by atoms with Gasteiger partial charge in [0.25, 0.3) is 0 Å². The molecule has 110 valence electrons. The van der Waals surface area contributed by atoms with E-state index in [1.165, 1.54) is 17.3 Å². The molecule has 4 heteroatoms. The van der Waals surface area contributed by atoms with E-state index in [1.807, 2.05) is 31.2 Å². The van der Waals surface area contributed by atoms with Gasteiger partial charge in [-0.2, -0.15) is 0 Å². The zero-order valence-corrected chi connectivity index (χ0v) is 14.2. The number of benzene rings is 2. The van der Waals surface area contributed by atoms with E-state index >= 15 is 0 Å². The van der Waals surface area contributed by atoms with Crippen LogP contribution in [0, 0.1) is 0 Å². The summed E-state index contributed by atoms with van der Waals surface area (Å²) in [4.78, 5) is 13.3. The quantitative estimate of drug-likeness (QED) is 0.497. The number of rotatable bonds is 5. The molecule has 0 N–H and O–H groups in total. The van der Waals surface area contributed by atoms with Crippen LogP contribution in [-0.4, -0.2) is 11.0 Å². The van der Waals surface area contributed by atoms with Crippen molar-refractivity contribution in [2.24, 2.45) is 0 Å². The maximum absolute atomic E-state index is 12.4. The monoisotopic (exact) mass is 338 g/mol. The van der Waals surface area contributed by atoms with Crippen molar-refractivity contribution in [3.63, 3.8) is 0 Å². The van der Waals surface area contributed by atoms with Gasteiger partial charge in [0.1, 0.15) is 0 Å². The molecule has 0 aliphatic heterocycles. The maximum Gasteiger partial charge on any atom is 0.175 e. The molecule has 1 unspecified atom stereocenters. The topological polar surface area (TPSA) is 17.1 Å². The number of thioether (sulfide) groups is 1. The summed E-state index contributed by atoms with van der Waals surface area (Å²) >= 11 is 13.5. The zero-order valence-electron chi connectivity index (χ0n) is 11.9. The second-order valence-corrected chi connectivity index (χ2v) is 6.98. The molecule has 1 nitrogen and oxygen atoms in total. The number of carbonyl (C=O) groups is 1. The summed E-state index contributed by atoms with van der Waals surface area (Å²) in [7, 11) is 0. The Balaban J connectivity index is 2.13. The average Bonchev–Trinajstić information content (AvgIpc) is 2.50. The Morgan fingerprint density at radius 3 is 2.43 bits per heavy atom. The van der Waals surface area contributed by atoms with Crippen LogP contribution in [-0.2, 0) is 6.42 Å². The lowest BCUT2D eigenvalue weighted by atomic mass is 10.1. The second kappa shape index (κ2) is 7.35. The molecule has 0 aromatic heterocycles. The maximum atomic E-state index is 12.4. The van der Waals surface area contributed by atoms with E-state index < -0.39 is 0 Å². The van der Waals surface area contributed by atoms with Crippen LogP contribution in [0.2, 0.25) is 10.0 Å². The van der Waals surface area contributed by atoms with E-state index in [9.17, 15) is 4.79 Å². The molecule has 21 heavy (non-hydrogen) atoms. The molecule has 0 bridgehead atoms. The summed E-state index contributed by atoms with van der Waals surface area (Å²) < 4.78 is 0. The molecular formula is C17H16Cl2OS. The van der Waals surface area contributed by atoms with Crippen LogP contribution >= 0.6 is 35.0 Å². The fourth-order valence-corrected chi connectivity index (χ4v) is 3.44. The standard InChI is InChI=1S/C17H16Cl2OS/c1-3-12-4-6-13(7-5-12)17(20)11(2)21-16-10-14(18)8-9-15(16)19/h4-11H,3H2,1-2H3. The van der Waals surface area contributed by atoms with Gasteiger partial charge < -0.3 is 0 Å². The Kier molecular flexibility index (Phi) is 5.74. The molecule has 0 radical (unpaired) electrons. The minimum Gasteiger partial charge on any atom is -0.293 e. The largest absolute Gasteiger partial charge is 0.293 e. The Morgan fingerprint density at radius 1 is 1.14 bits per heavy atom. The van der Waals surface area contributed by atoms with E-state index in [4.69, 9.17) is 23.2 Å². The molecule has 2 aromatic carbocycles. The van der Waals surface area contributed by atoms with Crippen molar-refractivity contribution >= 4 is 40.7 Å². The van der Waals surface area contributed by atoms with Gasteiger partial charge in [-0.15, -0.1) is 11.8 Å². The van der Waals surface area contributed by atoms with Crippen LogP contribution in [0.1, 0.15) is 29.8 Å². The molecule has 2 rings (SSSR count). The van der Waals surface area contributed by atoms with Crippen molar-refractivity contribution in [2.45, 2.75) is 30.4 Å². The molecule has 1 atom stereocenters. The lowest BCUT2D eigenvalue weighted by Gasteiger charge is -2.12. The third-order valence-electron chi connectivity index (χ3n) is 3.21. The van der Waals surface area contributed by atoms with Gasteiger partial charge in [-0.25, -0.2) is 0 Å². The van der Waals surface area contributed by atoms with E-state index in [0.29, 0.717) is 10.0 Å². The van der Waals surface area contributed by atoms with Crippen molar-refractivity contribution in [1.82, 2.24) is 0 Å². The zero-order chi connectivity index (χ0) is 15.4. The summed E-state index contributed by atoms with van der Waals surface area (Å²) in [5.41, 5.74) is 1.95. The van der Waals surface area contributed by atoms with Crippen molar-refractivity contribution in [1.29, 1.82) is 0 Å². The van der Waals surface area contributed by atoms with E-state index in [0.717, 1.165) is 16.9 Å². The number of hydrogen-bond donors (Lipinski definition) is 0. The minimum absolute atomic E-state index is 0.0960. The number of carbonyl (C=O) groups excluding carboxylic acids is 1. The van der Waals surface area contributed by atoms with Crippen LogP contribution < -0.4 is 0 Å². The van der Waals surface area contributed by atoms with Gasteiger partial charge in [-0.3, -0.25) is 4.79 Å². The highest BCUT2D eigenvalue weighted by Gasteiger charge is 2.17. The number of aryl methyl sites for hydroxylation is 1. The van der Waals surface area contributed by atoms with Gasteiger partial charge in [0, 0.05) is 15.5 Å². The van der Waals surface area contributed by atoms with Crippen LogP contribution in [0.4, 0.5) is 0 Å². The average molecular weight is 339 g/mol. The van der Waals surface area contributed by atoms with E-state index in [2.05, 4.69) is 6.92 Å². The summed E-state index contributed by atoms with van der Waals surface area (Å²) in [5.74, 6) is 0.0960. The lowest BCUT2D eigenvalue weighted by Crippen LogP contribution is -2.13. The van der Waals surface area contributed by atoms with E-state index in [-0.39, 0.29) is 11.0 Å². The Morgan fingerprint density at radius 2 is 1.81 bits per heavy atom. The first-order valence-electron chi connectivity index (χ1n) is 6.76. The molecule has 0 amide bonds. The number of ketones is 1. The fourth-order valence-electron chi connectivity index (χ4n) is 1.95. The highest BCUT2D eigenvalue weighted by molar-refractivity contribution is 8.00. The Hall–Kier alpha value is -0.960. The van der Waals surface area contributed by atoms with Crippen molar-refractivity contribution < 1.29 is 4.79 Å². The Bertz CT molecular complexity index is 638. The summed E-state index contributed by atoms with van der Waals surface area (Å²) in [6.45, 7) is 3.98. The van der Waals surface area contributed by atoms with Gasteiger partial charge in [0.2, 0.25) is 0 Å². The molecule has 0 aliphatic carbocycles. The first kappa shape index (κ1) is 16.4. The lowest BCUT2D eigenvalue weighted by molar-refractivity contribution is 0.0994. The number of hydrogen-bond acceptors (Lipinski definition) is 2. The Labute approximate surface area is 139 Å². The minimum atomic E-state index is -0.214. The highest BCUT2D eigenvalue weighted by atomic mass is 35.5. The van der Waals surface area contributed by atoms with Gasteiger partial charge >= 0.3 is 0 Å². The molecule has 0 fully saturated rings. The van der Waals surface area contributed by atoms with Gasteiger partial charge in [0.15, 0.2) is 5.78 Å². The van der Waals surface area contributed by atoms with E-state index in [1.54, 1.807) is 18.2 Å². The van der Waals surface area contributed by atoms with Gasteiger partial charge in [-0.05, 0) is 37.1 Å². The van der Waals surface area contributed by atoms with Crippen molar-refractivity contribution in [3.05, 3.63) is 63.6 Å². The van der Waals surface area contributed by atoms with Gasteiger partial charge in [0.05, 0.1) is 10.3 Å². The second-order valence-electron chi connectivity index (χ2n) is 4.75. The highest BCUT2D eigenvalue weighted by Crippen LogP contribution is 2.33. The molecule has 0 saturated heterocycles.